The second-order valence-electron chi connectivity index (χ2n) is 7.22. The van der Waals surface area contributed by atoms with Gasteiger partial charge in [0.2, 0.25) is 5.91 Å². The average Bonchev–Trinajstić information content (AvgIpc) is 3.09. The van der Waals surface area contributed by atoms with Gasteiger partial charge < -0.3 is 4.90 Å². The van der Waals surface area contributed by atoms with E-state index in [1.807, 2.05) is 19.0 Å². The van der Waals surface area contributed by atoms with Crippen LogP contribution in [-0.2, 0) is 4.79 Å². The first-order valence-corrected chi connectivity index (χ1v) is 11.4. The molecule has 0 aliphatic carbocycles. The minimum atomic E-state index is -0.285. The van der Waals surface area contributed by atoms with E-state index in [0.717, 1.165) is 28.9 Å². The Morgan fingerprint density at radius 1 is 1.14 bits per heavy atom. The molecule has 0 fully saturated rings. The molecule has 3 rings (SSSR count). The molecule has 0 radical (unpaired) electrons. The highest BCUT2D eigenvalue weighted by atomic mass is 32.2. The van der Waals surface area contributed by atoms with Gasteiger partial charge in [-0.2, -0.15) is 0 Å². The zero-order chi connectivity index (χ0) is 20.8. The van der Waals surface area contributed by atoms with Crippen molar-refractivity contribution < 1.29 is 9.18 Å². The van der Waals surface area contributed by atoms with Gasteiger partial charge in [-0.3, -0.25) is 9.69 Å². The van der Waals surface area contributed by atoms with Crippen LogP contribution in [0, 0.1) is 12.7 Å². The maximum atomic E-state index is 13.5. The van der Waals surface area contributed by atoms with E-state index < -0.39 is 0 Å². The summed E-state index contributed by atoms with van der Waals surface area (Å²) < 4.78 is 14.3. The van der Waals surface area contributed by atoms with Gasteiger partial charge in [0, 0.05) is 24.4 Å². The van der Waals surface area contributed by atoms with Gasteiger partial charge in [0.15, 0.2) is 5.13 Å². The summed E-state index contributed by atoms with van der Waals surface area (Å²) in [5.74, 6) is 0.671. The smallest absolute Gasteiger partial charge is 0.228 e. The molecular formula is C22H26FN3OS2. The summed E-state index contributed by atoms with van der Waals surface area (Å²) in [6.07, 6.45) is 1.27. The molecule has 2 aromatic carbocycles. The number of rotatable bonds is 9. The summed E-state index contributed by atoms with van der Waals surface area (Å²) in [5.41, 5.74) is 1.97. The molecule has 0 saturated heterocycles. The second kappa shape index (κ2) is 10.2. The van der Waals surface area contributed by atoms with Crippen molar-refractivity contribution in [1.82, 2.24) is 9.88 Å². The van der Waals surface area contributed by atoms with Crippen LogP contribution >= 0.6 is 23.1 Å². The lowest BCUT2D eigenvalue weighted by Crippen LogP contribution is -2.36. The Hall–Kier alpha value is -1.96. The monoisotopic (exact) mass is 431 g/mol. The number of likely N-dealkylation sites (N-methyl/N-ethyl adjacent to an activating group) is 1. The van der Waals surface area contributed by atoms with Gasteiger partial charge in [-0.1, -0.05) is 29.0 Å². The minimum absolute atomic E-state index is 0.0656. The molecule has 4 nitrogen and oxygen atoms in total. The van der Waals surface area contributed by atoms with Crippen LogP contribution in [0.2, 0.25) is 0 Å². The van der Waals surface area contributed by atoms with Crippen LogP contribution in [0.15, 0.2) is 47.4 Å². The molecule has 0 atom stereocenters. The van der Waals surface area contributed by atoms with E-state index in [0.29, 0.717) is 18.1 Å². The zero-order valence-electron chi connectivity index (χ0n) is 17.0. The van der Waals surface area contributed by atoms with Crippen molar-refractivity contribution in [2.75, 3.05) is 37.8 Å². The largest absolute Gasteiger partial charge is 0.308 e. The van der Waals surface area contributed by atoms with E-state index in [-0.39, 0.29) is 11.7 Å². The summed E-state index contributed by atoms with van der Waals surface area (Å²) in [7, 11) is 3.96. The van der Waals surface area contributed by atoms with Gasteiger partial charge in [0.25, 0.3) is 0 Å². The van der Waals surface area contributed by atoms with Gasteiger partial charge in [-0.15, -0.1) is 11.8 Å². The fraction of sp³-hybridized carbons (Fsp3) is 0.364. The number of aromatic nitrogens is 1. The number of fused-ring (bicyclic) bond motifs is 1. The zero-order valence-corrected chi connectivity index (χ0v) is 18.7. The van der Waals surface area contributed by atoms with E-state index in [4.69, 9.17) is 0 Å². The van der Waals surface area contributed by atoms with Gasteiger partial charge in [0.1, 0.15) is 5.82 Å². The minimum Gasteiger partial charge on any atom is -0.308 e. The van der Waals surface area contributed by atoms with Crippen LogP contribution in [0.1, 0.15) is 18.4 Å². The summed E-state index contributed by atoms with van der Waals surface area (Å²) in [6.45, 7) is 3.39. The van der Waals surface area contributed by atoms with E-state index in [1.54, 1.807) is 22.7 Å². The standard InChI is InChI=1S/C22H26FN3OS2/c1-16-6-9-18(10-7-16)28-14-4-5-21(27)26(13-12-25(2)3)22-24-19-11-8-17(23)15-20(19)29-22/h6-11,15H,4-5,12-14H2,1-3H3. The molecule has 7 heteroatoms. The van der Waals surface area contributed by atoms with Crippen molar-refractivity contribution >= 4 is 44.4 Å². The van der Waals surface area contributed by atoms with E-state index in [9.17, 15) is 9.18 Å². The first kappa shape index (κ1) is 21.7. The number of halogens is 1. The maximum Gasteiger partial charge on any atom is 0.228 e. The Labute approximate surface area is 179 Å². The van der Waals surface area contributed by atoms with Crippen molar-refractivity contribution in [1.29, 1.82) is 0 Å². The first-order valence-electron chi connectivity index (χ1n) is 9.63. The highest BCUT2D eigenvalue weighted by Crippen LogP contribution is 2.30. The van der Waals surface area contributed by atoms with Crippen molar-refractivity contribution in [2.24, 2.45) is 0 Å². The molecule has 1 amide bonds. The van der Waals surface area contributed by atoms with Gasteiger partial charge in [0.05, 0.1) is 10.2 Å². The molecule has 154 valence electrons. The van der Waals surface area contributed by atoms with E-state index in [1.165, 1.54) is 33.9 Å². The average molecular weight is 432 g/mol. The maximum absolute atomic E-state index is 13.5. The van der Waals surface area contributed by atoms with Crippen LogP contribution in [0.25, 0.3) is 10.2 Å². The van der Waals surface area contributed by atoms with Gasteiger partial charge in [-0.05, 0) is 63.5 Å². The van der Waals surface area contributed by atoms with Crippen molar-refractivity contribution in [3.63, 3.8) is 0 Å². The number of carbonyl (C=O) groups is 1. The molecule has 0 aliphatic heterocycles. The number of carbonyl (C=O) groups excluding carboxylic acids is 1. The molecule has 1 aromatic heterocycles. The predicted octanol–water partition coefficient (Wildman–Crippen LogP) is 5.21. The molecule has 0 aliphatic rings. The summed E-state index contributed by atoms with van der Waals surface area (Å²) in [6, 6.07) is 13.0. The number of aryl methyl sites for hydroxylation is 1. The highest BCUT2D eigenvalue weighted by Gasteiger charge is 2.19. The third-order valence-electron chi connectivity index (χ3n) is 4.47. The Balaban J connectivity index is 1.63. The van der Waals surface area contributed by atoms with Crippen LogP contribution < -0.4 is 4.90 Å². The molecule has 0 unspecified atom stereocenters. The Morgan fingerprint density at radius 2 is 1.90 bits per heavy atom. The number of thioether (sulfide) groups is 1. The fourth-order valence-electron chi connectivity index (χ4n) is 2.81. The fourth-order valence-corrected chi connectivity index (χ4v) is 4.70. The number of hydrogen-bond acceptors (Lipinski definition) is 5. The highest BCUT2D eigenvalue weighted by molar-refractivity contribution is 7.99. The molecule has 0 saturated carbocycles. The number of benzene rings is 2. The molecular weight excluding hydrogens is 405 g/mol. The molecule has 0 spiro atoms. The molecule has 0 N–H and O–H groups in total. The number of nitrogens with zero attached hydrogens (tertiary/aromatic N) is 3. The third kappa shape index (κ3) is 6.26. The topological polar surface area (TPSA) is 36.4 Å². The van der Waals surface area contributed by atoms with Crippen LogP contribution in [0.3, 0.4) is 0 Å². The van der Waals surface area contributed by atoms with Gasteiger partial charge >= 0.3 is 0 Å². The lowest BCUT2D eigenvalue weighted by Gasteiger charge is -2.22. The number of hydrogen-bond donors (Lipinski definition) is 0. The van der Waals surface area contributed by atoms with Crippen LogP contribution in [0.5, 0.6) is 0 Å². The lowest BCUT2D eigenvalue weighted by atomic mass is 10.2. The summed E-state index contributed by atoms with van der Waals surface area (Å²) in [5, 5.41) is 0.642. The number of thiazole rings is 1. The number of amides is 1. The van der Waals surface area contributed by atoms with Crippen molar-refractivity contribution in [2.45, 2.75) is 24.7 Å². The quantitative estimate of drug-likeness (QED) is 0.344. The second-order valence-corrected chi connectivity index (χ2v) is 9.40. The predicted molar refractivity (Wildman–Crippen MR) is 122 cm³/mol. The molecule has 3 aromatic rings. The number of anilines is 1. The molecule has 1 heterocycles. The molecule has 29 heavy (non-hydrogen) atoms. The van der Waals surface area contributed by atoms with Crippen LogP contribution in [0.4, 0.5) is 9.52 Å². The Bertz CT molecular complexity index is 956. The Kier molecular flexibility index (Phi) is 7.64. The lowest BCUT2D eigenvalue weighted by molar-refractivity contribution is -0.118. The third-order valence-corrected chi connectivity index (χ3v) is 6.61. The SMILES string of the molecule is Cc1ccc(SCCCC(=O)N(CCN(C)C)c2nc3ccc(F)cc3s2)cc1. The first-order chi connectivity index (χ1) is 13.9. The van der Waals surface area contributed by atoms with E-state index in [2.05, 4.69) is 36.2 Å². The van der Waals surface area contributed by atoms with Crippen LogP contribution in [-0.4, -0.2) is 48.7 Å². The van der Waals surface area contributed by atoms with Gasteiger partial charge in [-0.25, -0.2) is 9.37 Å². The van der Waals surface area contributed by atoms with Crippen molar-refractivity contribution in [3.8, 4) is 0 Å². The summed E-state index contributed by atoms with van der Waals surface area (Å²) in [4.78, 5) is 22.5. The molecule has 0 bridgehead atoms. The Morgan fingerprint density at radius 3 is 2.62 bits per heavy atom. The van der Waals surface area contributed by atoms with E-state index >= 15 is 0 Å². The normalized spacial score (nSPS) is 11.3. The summed E-state index contributed by atoms with van der Waals surface area (Å²) >= 11 is 3.14. The van der Waals surface area contributed by atoms with Crippen molar-refractivity contribution in [3.05, 3.63) is 53.8 Å².